The quantitative estimate of drug-likeness (QED) is 0.229. The third-order valence-electron chi connectivity index (χ3n) is 0. The van der Waals surface area contributed by atoms with Gasteiger partial charge in [0.05, 0.1) is 0 Å². The third kappa shape index (κ3) is 34.8. The first-order valence-electron chi connectivity index (χ1n) is 1.60. The predicted molar refractivity (Wildman–Crippen MR) is 84.1 cm³/mol. The van der Waals surface area contributed by atoms with E-state index in [1.54, 1.807) is 0 Å². The van der Waals surface area contributed by atoms with Gasteiger partial charge >= 0.3 is 98.9 Å². The van der Waals surface area contributed by atoms with Crippen molar-refractivity contribution in [1.29, 1.82) is 0 Å². The van der Waals surface area contributed by atoms with Crippen LogP contribution in [0.15, 0.2) is 0 Å². The molecule has 0 aromatic carbocycles. The summed E-state index contributed by atoms with van der Waals surface area (Å²) in [5, 5.41) is 0. The molecule has 0 bridgehead atoms. The van der Waals surface area contributed by atoms with E-state index in [-0.39, 0.29) is 0 Å². The SMILES string of the molecule is [I][Cd]([I])([I])([I])([I])[I]. The molecular weight excluding hydrogens is 874 g/mol. The van der Waals surface area contributed by atoms with Crippen molar-refractivity contribution in [2.45, 2.75) is 0 Å². The number of halogens is 6. The van der Waals surface area contributed by atoms with Crippen molar-refractivity contribution in [3.05, 3.63) is 0 Å². The molecule has 0 aliphatic rings. The molecule has 0 rings (SSSR count). The summed E-state index contributed by atoms with van der Waals surface area (Å²) >= 11 is 15.6. The molecule has 0 saturated carbocycles. The second-order valence-electron chi connectivity index (χ2n) is 1.52. The molecule has 0 unspecified atom stereocenters. The van der Waals surface area contributed by atoms with Crippen LogP contribution in [0.1, 0.15) is 0 Å². The number of hydrogen-bond donors (Lipinski definition) is 0. The maximum atomic E-state index is 2.60. The minimum atomic E-state index is -2.63. The van der Waals surface area contributed by atoms with Crippen molar-refractivity contribution in [3.63, 3.8) is 0 Å². The van der Waals surface area contributed by atoms with Gasteiger partial charge in [0.15, 0.2) is 0 Å². The zero-order chi connectivity index (χ0) is 6.41. The van der Waals surface area contributed by atoms with Crippen molar-refractivity contribution >= 4 is 107 Å². The average Bonchev–Trinajstić information content (AvgIpc) is 0.592. The summed E-state index contributed by atoms with van der Waals surface area (Å²) in [7, 11) is 0. The molecule has 0 atom stereocenters. The number of hydrogen-bond acceptors (Lipinski definition) is 0. The van der Waals surface area contributed by atoms with Crippen LogP contribution in [0.5, 0.6) is 0 Å². The van der Waals surface area contributed by atoms with Gasteiger partial charge in [0.2, 0.25) is 0 Å². The molecule has 0 N–H and O–H groups in total. The van der Waals surface area contributed by atoms with Gasteiger partial charge in [-0.15, -0.1) is 0 Å². The van der Waals surface area contributed by atoms with Crippen molar-refractivity contribution < 1.29 is -7.65 Å². The normalized spacial score (nSPS) is 18.0. The molecule has 0 aliphatic carbocycles. The first-order valence-corrected chi connectivity index (χ1v) is 72.2. The molecular formula is CdI6. The van der Waals surface area contributed by atoms with Crippen LogP contribution < -0.4 is 0 Å². The Labute approximate surface area is 94.3 Å². The molecule has 0 nitrogen and oxygen atoms in total. The van der Waals surface area contributed by atoms with Crippen LogP contribution in [0.4, 0.5) is 0 Å². The Morgan fingerprint density at radius 2 is 0.571 bits per heavy atom. The first-order chi connectivity index (χ1) is 2.45. The average molecular weight is 874 g/mol. The van der Waals surface area contributed by atoms with E-state index in [0.29, 0.717) is 0 Å². The fourth-order valence-corrected chi connectivity index (χ4v) is 0. The number of rotatable bonds is 0. The van der Waals surface area contributed by atoms with Gasteiger partial charge in [-0.2, -0.15) is 0 Å². The zero-order valence-corrected chi connectivity index (χ0v) is 20.0. The molecule has 0 fully saturated rings. The van der Waals surface area contributed by atoms with E-state index < -0.39 is -7.65 Å². The Morgan fingerprint density at radius 3 is 0.571 bits per heavy atom. The molecule has 0 aliphatic heterocycles. The summed E-state index contributed by atoms with van der Waals surface area (Å²) in [6.45, 7) is 0. The van der Waals surface area contributed by atoms with Crippen LogP contribution in [-0.4, -0.2) is 0 Å². The van der Waals surface area contributed by atoms with Gasteiger partial charge in [-0.1, -0.05) is 0 Å². The van der Waals surface area contributed by atoms with Crippen molar-refractivity contribution in [1.82, 2.24) is 0 Å². The topological polar surface area (TPSA) is 0 Å². The van der Waals surface area contributed by atoms with Gasteiger partial charge in [-0.25, -0.2) is 0 Å². The maximum absolute atomic E-state index is 2.63. The van der Waals surface area contributed by atoms with E-state index in [1.165, 1.54) is 0 Å². The second kappa shape index (κ2) is 2.91. The Hall–Kier alpha value is 5.30. The Bertz CT molecular complexity index is 62.7. The van der Waals surface area contributed by atoms with E-state index in [2.05, 4.69) is 107 Å². The van der Waals surface area contributed by atoms with E-state index in [4.69, 9.17) is 0 Å². The van der Waals surface area contributed by atoms with E-state index in [9.17, 15) is 0 Å². The van der Waals surface area contributed by atoms with Gasteiger partial charge < -0.3 is 0 Å². The van der Waals surface area contributed by atoms with Crippen LogP contribution in [-0.2, 0) is -7.65 Å². The van der Waals surface area contributed by atoms with E-state index in [0.717, 1.165) is 0 Å². The van der Waals surface area contributed by atoms with Gasteiger partial charge in [0.1, 0.15) is 0 Å². The second-order valence-corrected chi connectivity index (χ2v) is 457. The molecule has 7 heavy (non-hydrogen) atoms. The molecule has 0 aromatic heterocycles. The predicted octanol–water partition coefficient (Wildman–Crippen LogP) is 5.31. The van der Waals surface area contributed by atoms with Crippen LogP contribution in [0.2, 0.25) is 0 Å². The fraction of sp³-hybridized carbons (Fsp3) is 0. The van der Waals surface area contributed by atoms with Crippen LogP contribution in [0, 0.1) is 0 Å². The zero-order valence-electron chi connectivity index (χ0n) is 2.97. The first kappa shape index (κ1) is 12.3. The summed E-state index contributed by atoms with van der Waals surface area (Å²) in [6.07, 6.45) is 0. The van der Waals surface area contributed by atoms with Crippen molar-refractivity contribution in [3.8, 4) is 0 Å². The van der Waals surface area contributed by atoms with Crippen molar-refractivity contribution in [2.24, 2.45) is 0 Å². The molecule has 0 radical (unpaired) electrons. The summed E-state index contributed by atoms with van der Waals surface area (Å²) in [4.78, 5) is 0. The molecule has 0 heterocycles. The van der Waals surface area contributed by atoms with Gasteiger partial charge in [0.25, 0.3) is 0 Å². The molecule has 7 heteroatoms. The Kier molecular flexibility index (Phi) is 5.11. The van der Waals surface area contributed by atoms with E-state index >= 15 is 0 Å². The van der Waals surface area contributed by atoms with Gasteiger partial charge in [0, 0.05) is 0 Å². The monoisotopic (exact) mass is 875 g/mol. The summed E-state index contributed by atoms with van der Waals surface area (Å²) in [5.41, 5.74) is 0. The minimum absolute atomic E-state index is 2.60. The van der Waals surface area contributed by atoms with Crippen LogP contribution >= 0.6 is 107 Å². The van der Waals surface area contributed by atoms with Crippen molar-refractivity contribution in [2.75, 3.05) is 0 Å². The summed E-state index contributed by atoms with van der Waals surface area (Å²) < 4.78 is -2.63. The van der Waals surface area contributed by atoms with Gasteiger partial charge in [-0.3, -0.25) is 0 Å². The molecule has 0 aromatic rings. The molecule has 0 amide bonds. The van der Waals surface area contributed by atoms with Gasteiger partial charge in [-0.05, 0) is 0 Å². The molecule has 0 spiro atoms. The fourth-order valence-electron chi connectivity index (χ4n) is 0. The Balaban J connectivity index is 4.43. The molecule has 44 valence electrons. The van der Waals surface area contributed by atoms with E-state index in [1.807, 2.05) is 0 Å². The van der Waals surface area contributed by atoms with Crippen LogP contribution in [0.3, 0.4) is 0 Å². The standard InChI is InChI=1S/Cd.6HI/h;6*1H/q+6;;;;;;/p-6. The molecule has 0 saturated heterocycles. The Morgan fingerprint density at radius 1 is 0.571 bits per heavy atom. The summed E-state index contributed by atoms with van der Waals surface area (Å²) in [6, 6.07) is 0. The van der Waals surface area contributed by atoms with Crippen LogP contribution in [0.25, 0.3) is 0 Å². The summed E-state index contributed by atoms with van der Waals surface area (Å²) in [5.74, 6) is 0. The third-order valence-corrected chi connectivity index (χ3v) is 0.